The van der Waals surface area contributed by atoms with Gasteiger partial charge in [0.25, 0.3) is 0 Å². The first kappa shape index (κ1) is 13.5. The molecule has 0 saturated heterocycles. The fourth-order valence-electron chi connectivity index (χ4n) is 3.93. The summed E-state index contributed by atoms with van der Waals surface area (Å²) in [4.78, 5) is 12.0. The van der Waals surface area contributed by atoms with Gasteiger partial charge in [0.05, 0.1) is 17.1 Å². The number of anilines is 1. The smallest absolute Gasteiger partial charge is 0.241 e. The molecule has 2 saturated carbocycles. The van der Waals surface area contributed by atoms with Crippen LogP contribution in [0.2, 0.25) is 0 Å². The lowest BCUT2D eigenvalue weighted by atomic mass is 9.89. The van der Waals surface area contributed by atoms with E-state index in [2.05, 4.69) is 10.4 Å². The van der Waals surface area contributed by atoms with Crippen molar-refractivity contribution in [3.8, 4) is 0 Å². The Labute approximate surface area is 119 Å². The lowest BCUT2D eigenvalue weighted by Crippen LogP contribution is -2.34. The van der Waals surface area contributed by atoms with Crippen molar-refractivity contribution in [2.45, 2.75) is 46.1 Å². The van der Waals surface area contributed by atoms with Crippen LogP contribution in [0, 0.1) is 31.6 Å². The first-order valence-electron chi connectivity index (χ1n) is 7.60. The summed E-state index contributed by atoms with van der Waals surface area (Å²) in [5, 5.41) is 7.37. The number of nitrogens with two attached hydrogens (primary N) is 1. The van der Waals surface area contributed by atoms with E-state index in [-0.39, 0.29) is 12.5 Å². The second kappa shape index (κ2) is 5.11. The van der Waals surface area contributed by atoms with Crippen molar-refractivity contribution < 1.29 is 4.79 Å². The highest BCUT2D eigenvalue weighted by atomic mass is 16.2. The minimum atomic E-state index is 0.0402. The highest BCUT2D eigenvalue weighted by Crippen LogP contribution is 2.47. The molecule has 1 heterocycles. The first-order chi connectivity index (χ1) is 9.54. The topological polar surface area (TPSA) is 72.9 Å². The first-order valence-corrected chi connectivity index (χ1v) is 7.60. The second-order valence-electron chi connectivity index (χ2n) is 6.48. The number of nitrogen functional groups attached to an aromatic ring is 1. The van der Waals surface area contributed by atoms with Crippen molar-refractivity contribution in [2.75, 3.05) is 12.3 Å². The van der Waals surface area contributed by atoms with Gasteiger partial charge < -0.3 is 11.1 Å². The number of carbonyl (C=O) groups excluding carboxylic acids is 1. The molecule has 3 unspecified atom stereocenters. The summed E-state index contributed by atoms with van der Waals surface area (Å²) in [5.74, 6) is 2.52. The van der Waals surface area contributed by atoms with Crippen LogP contribution in [-0.4, -0.2) is 22.2 Å². The number of carbonyl (C=O) groups is 1. The average Bonchev–Trinajstić information content (AvgIpc) is 3.09. The quantitative estimate of drug-likeness (QED) is 0.878. The highest BCUT2D eigenvalue weighted by Gasteiger charge is 2.39. The van der Waals surface area contributed by atoms with Gasteiger partial charge in [0.15, 0.2) is 0 Å². The molecule has 5 nitrogen and oxygen atoms in total. The van der Waals surface area contributed by atoms with Gasteiger partial charge in [-0.25, -0.2) is 0 Å². The second-order valence-corrected chi connectivity index (χ2v) is 6.48. The zero-order valence-electron chi connectivity index (χ0n) is 12.4. The van der Waals surface area contributed by atoms with Crippen LogP contribution < -0.4 is 11.1 Å². The molecule has 3 rings (SSSR count). The van der Waals surface area contributed by atoms with Gasteiger partial charge in [0.1, 0.15) is 6.54 Å². The fourth-order valence-corrected chi connectivity index (χ4v) is 3.93. The van der Waals surface area contributed by atoms with E-state index < -0.39 is 0 Å². The van der Waals surface area contributed by atoms with E-state index >= 15 is 0 Å². The van der Waals surface area contributed by atoms with Crippen molar-refractivity contribution >= 4 is 11.6 Å². The Kier molecular flexibility index (Phi) is 3.44. The molecule has 2 aliphatic rings. The molecule has 2 bridgehead atoms. The monoisotopic (exact) mass is 276 g/mol. The van der Waals surface area contributed by atoms with Gasteiger partial charge in [0.2, 0.25) is 5.91 Å². The Bertz CT molecular complexity index is 522. The van der Waals surface area contributed by atoms with Gasteiger partial charge in [-0.15, -0.1) is 0 Å². The van der Waals surface area contributed by atoms with E-state index in [1.165, 1.54) is 25.7 Å². The third-order valence-electron chi connectivity index (χ3n) is 5.18. The Balaban J connectivity index is 1.51. The summed E-state index contributed by atoms with van der Waals surface area (Å²) < 4.78 is 1.70. The van der Waals surface area contributed by atoms with Crippen LogP contribution in [0.5, 0.6) is 0 Å². The van der Waals surface area contributed by atoms with Gasteiger partial charge in [-0.2, -0.15) is 5.10 Å². The van der Waals surface area contributed by atoms with Crippen molar-refractivity contribution in [2.24, 2.45) is 17.8 Å². The third kappa shape index (κ3) is 2.41. The maximum atomic E-state index is 12.0. The van der Waals surface area contributed by atoms with Gasteiger partial charge in [-0.05, 0) is 50.9 Å². The van der Waals surface area contributed by atoms with Crippen molar-refractivity contribution in [1.82, 2.24) is 15.1 Å². The molecule has 20 heavy (non-hydrogen) atoms. The number of hydrogen-bond donors (Lipinski definition) is 2. The van der Waals surface area contributed by atoms with Crippen molar-refractivity contribution in [1.29, 1.82) is 0 Å². The standard InChI is InChI=1S/C15H24N4O/c1-9-15(16)10(2)19(18-9)8-14(20)17-7-13-6-11-3-4-12(13)5-11/h11-13H,3-8,16H2,1-2H3,(H,17,20). The summed E-state index contributed by atoms with van der Waals surface area (Å²) in [5.41, 5.74) is 8.23. The molecule has 1 aromatic heterocycles. The van der Waals surface area contributed by atoms with Gasteiger partial charge in [-0.1, -0.05) is 6.42 Å². The molecular weight excluding hydrogens is 252 g/mol. The largest absolute Gasteiger partial charge is 0.396 e. The molecular formula is C15H24N4O. The van der Waals surface area contributed by atoms with Gasteiger partial charge >= 0.3 is 0 Å². The molecule has 5 heteroatoms. The highest BCUT2D eigenvalue weighted by molar-refractivity contribution is 5.75. The Morgan fingerprint density at radius 1 is 1.40 bits per heavy atom. The number of rotatable bonds is 4. The van der Waals surface area contributed by atoms with E-state index in [1.807, 2.05) is 13.8 Å². The number of fused-ring (bicyclic) bond motifs is 2. The minimum absolute atomic E-state index is 0.0402. The zero-order chi connectivity index (χ0) is 14.3. The average molecular weight is 276 g/mol. The van der Waals surface area contributed by atoms with Crippen LogP contribution in [0.1, 0.15) is 37.1 Å². The van der Waals surface area contributed by atoms with Crippen LogP contribution in [0.3, 0.4) is 0 Å². The zero-order valence-corrected chi connectivity index (χ0v) is 12.4. The van der Waals surface area contributed by atoms with Crippen LogP contribution >= 0.6 is 0 Å². The summed E-state index contributed by atoms with van der Waals surface area (Å²) in [7, 11) is 0. The number of amides is 1. The lowest BCUT2D eigenvalue weighted by Gasteiger charge is -2.21. The Morgan fingerprint density at radius 2 is 2.20 bits per heavy atom. The molecule has 3 atom stereocenters. The SMILES string of the molecule is Cc1nn(CC(=O)NCC2CC3CCC2C3)c(C)c1N. The summed E-state index contributed by atoms with van der Waals surface area (Å²) in [6, 6.07) is 0. The predicted molar refractivity (Wildman–Crippen MR) is 78.1 cm³/mol. The van der Waals surface area contributed by atoms with Gasteiger partial charge in [0, 0.05) is 6.54 Å². The molecule has 2 fully saturated rings. The molecule has 0 aromatic carbocycles. The number of nitrogens with one attached hydrogen (secondary N) is 1. The summed E-state index contributed by atoms with van der Waals surface area (Å²) in [6.45, 7) is 4.87. The Morgan fingerprint density at radius 3 is 2.75 bits per heavy atom. The third-order valence-corrected chi connectivity index (χ3v) is 5.18. The predicted octanol–water partition coefficient (Wildman–Crippen LogP) is 1.63. The molecule has 3 N–H and O–H groups in total. The molecule has 0 radical (unpaired) electrons. The van der Waals surface area contributed by atoms with Crippen molar-refractivity contribution in [3.05, 3.63) is 11.4 Å². The Hall–Kier alpha value is -1.52. The number of aryl methyl sites for hydroxylation is 1. The molecule has 0 spiro atoms. The maximum absolute atomic E-state index is 12.0. The van der Waals surface area contributed by atoms with E-state index in [4.69, 9.17) is 5.73 Å². The van der Waals surface area contributed by atoms with Crippen molar-refractivity contribution in [3.63, 3.8) is 0 Å². The van der Waals surface area contributed by atoms with Crippen LogP contribution in [0.4, 0.5) is 5.69 Å². The van der Waals surface area contributed by atoms with E-state index in [9.17, 15) is 4.79 Å². The van der Waals surface area contributed by atoms with E-state index in [0.29, 0.717) is 11.6 Å². The molecule has 1 aromatic rings. The number of nitrogens with zero attached hydrogens (tertiary/aromatic N) is 2. The number of aromatic nitrogens is 2. The summed E-state index contributed by atoms with van der Waals surface area (Å²) >= 11 is 0. The molecule has 110 valence electrons. The lowest BCUT2D eigenvalue weighted by molar-refractivity contribution is -0.122. The molecule has 0 aliphatic heterocycles. The fraction of sp³-hybridized carbons (Fsp3) is 0.733. The summed E-state index contributed by atoms with van der Waals surface area (Å²) in [6.07, 6.45) is 5.45. The number of hydrogen-bond acceptors (Lipinski definition) is 3. The van der Waals surface area contributed by atoms with E-state index in [0.717, 1.165) is 29.8 Å². The molecule has 1 amide bonds. The van der Waals surface area contributed by atoms with Crippen LogP contribution in [0.15, 0.2) is 0 Å². The normalized spacial score (nSPS) is 28.0. The minimum Gasteiger partial charge on any atom is -0.396 e. The van der Waals surface area contributed by atoms with Crippen LogP contribution in [0.25, 0.3) is 0 Å². The molecule has 2 aliphatic carbocycles. The van der Waals surface area contributed by atoms with Gasteiger partial charge in [-0.3, -0.25) is 9.48 Å². The van der Waals surface area contributed by atoms with Crippen LogP contribution in [-0.2, 0) is 11.3 Å². The van der Waals surface area contributed by atoms with E-state index in [1.54, 1.807) is 4.68 Å². The maximum Gasteiger partial charge on any atom is 0.241 e.